The van der Waals surface area contributed by atoms with Crippen molar-refractivity contribution < 1.29 is 27.5 Å². The van der Waals surface area contributed by atoms with E-state index in [1.807, 2.05) is 37.2 Å². The SMILES string of the molecule is CC[C@@H](NC(=O)c1cc(C(=O)N2CCCC2C)n2c1COC(C)(C)C2)c1ccc(C(F)(F)F)nc1. The topological polar surface area (TPSA) is 76.5 Å². The Morgan fingerprint density at radius 3 is 2.63 bits per heavy atom. The maximum absolute atomic E-state index is 13.4. The summed E-state index contributed by atoms with van der Waals surface area (Å²) >= 11 is 0. The van der Waals surface area contributed by atoms with E-state index in [1.54, 1.807) is 6.07 Å². The molecule has 1 unspecified atom stereocenters. The summed E-state index contributed by atoms with van der Waals surface area (Å²) < 4.78 is 46.4. The summed E-state index contributed by atoms with van der Waals surface area (Å²) in [4.78, 5) is 32.1. The lowest BCUT2D eigenvalue weighted by atomic mass is 10.0. The lowest BCUT2D eigenvalue weighted by Gasteiger charge is -2.34. The maximum Gasteiger partial charge on any atom is 0.433 e. The number of hydrogen-bond donors (Lipinski definition) is 1. The molecule has 2 aromatic heterocycles. The minimum Gasteiger partial charge on any atom is -0.367 e. The number of carbonyl (C=O) groups excluding carboxylic acids is 2. The van der Waals surface area contributed by atoms with E-state index < -0.39 is 29.4 Å². The third-order valence-electron chi connectivity index (χ3n) is 6.82. The molecule has 0 bridgehead atoms. The number of ether oxygens (including phenoxy) is 1. The van der Waals surface area contributed by atoms with Gasteiger partial charge in [-0.05, 0) is 57.7 Å². The van der Waals surface area contributed by atoms with Crippen LogP contribution in [0, 0.1) is 0 Å². The first-order valence-corrected chi connectivity index (χ1v) is 11.9. The Bertz CT molecular complexity index is 1110. The molecule has 1 fully saturated rings. The van der Waals surface area contributed by atoms with E-state index in [2.05, 4.69) is 10.3 Å². The number of carbonyl (C=O) groups is 2. The van der Waals surface area contributed by atoms with Crippen LogP contribution in [0.1, 0.15) is 90.8 Å². The molecule has 0 aromatic carbocycles. The van der Waals surface area contributed by atoms with Crippen LogP contribution in [0.3, 0.4) is 0 Å². The molecule has 1 saturated heterocycles. The van der Waals surface area contributed by atoms with E-state index in [-0.39, 0.29) is 18.6 Å². The molecule has 35 heavy (non-hydrogen) atoms. The maximum atomic E-state index is 13.4. The molecule has 2 aliphatic heterocycles. The predicted molar refractivity (Wildman–Crippen MR) is 123 cm³/mol. The van der Waals surface area contributed by atoms with Gasteiger partial charge in [-0.1, -0.05) is 13.0 Å². The average Bonchev–Trinajstić information content (AvgIpc) is 3.39. The third kappa shape index (κ3) is 5.07. The quantitative estimate of drug-likeness (QED) is 0.656. The Balaban J connectivity index is 1.63. The lowest BCUT2D eigenvalue weighted by Crippen LogP contribution is -2.40. The van der Waals surface area contributed by atoms with Gasteiger partial charge < -0.3 is 19.5 Å². The number of rotatable bonds is 5. The van der Waals surface area contributed by atoms with Gasteiger partial charge in [-0.2, -0.15) is 13.2 Å². The van der Waals surface area contributed by atoms with Crippen LogP contribution >= 0.6 is 0 Å². The molecule has 1 N–H and O–H groups in total. The number of hydrogen-bond acceptors (Lipinski definition) is 4. The first-order chi connectivity index (χ1) is 16.4. The second-order valence-electron chi connectivity index (χ2n) is 9.92. The summed E-state index contributed by atoms with van der Waals surface area (Å²) in [6.07, 6.45) is -1.04. The number of alkyl halides is 3. The van der Waals surface area contributed by atoms with Gasteiger partial charge in [-0.25, -0.2) is 0 Å². The number of pyridine rings is 1. The fourth-order valence-electron chi connectivity index (χ4n) is 4.81. The van der Waals surface area contributed by atoms with Gasteiger partial charge in [0.15, 0.2) is 0 Å². The van der Waals surface area contributed by atoms with Crippen molar-refractivity contribution in [1.29, 1.82) is 0 Å². The molecule has 2 aliphatic rings. The average molecular weight is 493 g/mol. The summed E-state index contributed by atoms with van der Waals surface area (Å²) in [5.41, 5.74) is 0.416. The van der Waals surface area contributed by atoms with Crippen molar-refractivity contribution in [2.75, 3.05) is 6.54 Å². The Hall–Kier alpha value is -2.88. The number of likely N-dealkylation sites (tertiary alicyclic amines) is 1. The van der Waals surface area contributed by atoms with E-state index in [0.717, 1.165) is 25.1 Å². The fourth-order valence-corrected chi connectivity index (χ4v) is 4.81. The second kappa shape index (κ2) is 9.29. The molecule has 7 nitrogen and oxygen atoms in total. The Morgan fingerprint density at radius 1 is 1.31 bits per heavy atom. The third-order valence-corrected chi connectivity index (χ3v) is 6.82. The van der Waals surface area contributed by atoms with Crippen molar-refractivity contribution in [3.05, 3.63) is 52.6 Å². The molecule has 190 valence electrons. The molecule has 4 rings (SSSR count). The summed E-state index contributed by atoms with van der Waals surface area (Å²) in [7, 11) is 0. The zero-order chi connectivity index (χ0) is 25.5. The molecule has 0 saturated carbocycles. The van der Waals surface area contributed by atoms with Crippen molar-refractivity contribution >= 4 is 11.8 Å². The first-order valence-electron chi connectivity index (χ1n) is 11.9. The predicted octanol–water partition coefficient (Wildman–Crippen LogP) is 4.72. The van der Waals surface area contributed by atoms with Crippen LogP contribution in [-0.4, -0.2) is 44.5 Å². The van der Waals surface area contributed by atoms with Crippen molar-refractivity contribution in [1.82, 2.24) is 19.8 Å². The molecule has 0 aliphatic carbocycles. The Labute approximate surface area is 202 Å². The number of amides is 2. The van der Waals surface area contributed by atoms with Gasteiger partial charge in [0.1, 0.15) is 11.4 Å². The number of aromatic nitrogens is 2. The normalized spacial score (nSPS) is 20.4. The van der Waals surface area contributed by atoms with E-state index >= 15 is 0 Å². The molecular weight excluding hydrogens is 461 g/mol. The van der Waals surface area contributed by atoms with Gasteiger partial charge in [0.25, 0.3) is 11.8 Å². The molecule has 0 spiro atoms. The number of fused-ring (bicyclic) bond motifs is 1. The highest BCUT2D eigenvalue weighted by Gasteiger charge is 2.36. The van der Waals surface area contributed by atoms with Crippen LogP contribution in [0.5, 0.6) is 0 Å². The second-order valence-corrected chi connectivity index (χ2v) is 9.92. The van der Waals surface area contributed by atoms with Crippen molar-refractivity contribution in [3.8, 4) is 0 Å². The molecule has 4 heterocycles. The van der Waals surface area contributed by atoms with Gasteiger partial charge >= 0.3 is 6.18 Å². The van der Waals surface area contributed by atoms with Crippen LogP contribution in [0.2, 0.25) is 0 Å². The monoisotopic (exact) mass is 492 g/mol. The Kier molecular flexibility index (Phi) is 6.70. The highest BCUT2D eigenvalue weighted by atomic mass is 19.4. The van der Waals surface area contributed by atoms with Crippen LogP contribution in [0.4, 0.5) is 13.2 Å². The minimum atomic E-state index is -4.53. The lowest BCUT2D eigenvalue weighted by molar-refractivity contribution is -0.141. The number of nitrogens with one attached hydrogen (secondary N) is 1. The van der Waals surface area contributed by atoms with E-state index in [4.69, 9.17) is 4.74 Å². The smallest absolute Gasteiger partial charge is 0.367 e. The van der Waals surface area contributed by atoms with Crippen molar-refractivity contribution in [2.45, 2.75) is 84.0 Å². The van der Waals surface area contributed by atoms with Gasteiger partial charge in [0.05, 0.1) is 36.1 Å². The number of halogens is 3. The van der Waals surface area contributed by atoms with Crippen molar-refractivity contribution in [2.24, 2.45) is 0 Å². The zero-order valence-electron chi connectivity index (χ0n) is 20.4. The van der Waals surface area contributed by atoms with E-state index in [1.165, 1.54) is 6.07 Å². The van der Waals surface area contributed by atoms with Crippen LogP contribution in [0.15, 0.2) is 24.4 Å². The van der Waals surface area contributed by atoms with Gasteiger partial charge in [0, 0.05) is 18.8 Å². The summed E-state index contributed by atoms with van der Waals surface area (Å²) in [6.45, 7) is 9.01. The standard InChI is InChI=1S/C25H31F3N4O3/c1-5-18(16-8-9-21(29-12-16)25(26,27)28)30-22(33)17-11-19(23(34)31-10-6-7-15(31)2)32-14-24(3,4)35-13-20(17)32/h8-9,11-12,15,18H,5-7,10,13-14H2,1-4H3,(H,30,33)/t15?,18-/m1/s1. The van der Waals surface area contributed by atoms with E-state index in [0.29, 0.717) is 42.0 Å². The van der Waals surface area contributed by atoms with E-state index in [9.17, 15) is 22.8 Å². The zero-order valence-corrected chi connectivity index (χ0v) is 20.4. The molecule has 2 atom stereocenters. The summed E-state index contributed by atoms with van der Waals surface area (Å²) in [6, 6.07) is 3.46. The van der Waals surface area contributed by atoms with Crippen LogP contribution in [0.25, 0.3) is 0 Å². The molecule has 10 heteroatoms. The largest absolute Gasteiger partial charge is 0.433 e. The van der Waals surface area contributed by atoms with Crippen LogP contribution < -0.4 is 5.32 Å². The fraction of sp³-hybridized carbons (Fsp3) is 0.560. The van der Waals surface area contributed by atoms with Gasteiger partial charge in [-0.3, -0.25) is 14.6 Å². The minimum absolute atomic E-state index is 0.105. The molecule has 2 aromatic rings. The van der Waals surface area contributed by atoms with Crippen LogP contribution in [-0.2, 0) is 24.1 Å². The Morgan fingerprint density at radius 2 is 2.06 bits per heavy atom. The van der Waals surface area contributed by atoms with Gasteiger partial charge in [0.2, 0.25) is 0 Å². The first kappa shape index (κ1) is 25.2. The summed E-state index contributed by atoms with van der Waals surface area (Å²) in [5, 5.41) is 2.90. The molecular formula is C25H31F3N4O3. The summed E-state index contributed by atoms with van der Waals surface area (Å²) in [5.74, 6) is -0.510. The highest BCUT2D eigenvalue weighted by molar-refractivity contribution is 6.01. The molecule has 0 radical (unpaired) electrons. The highest BCUT2D eigenvalue weighted by Crippen LogP contribution is 2.32. The van der Waals surface area contributed by atoms with Gasteiger partial charge in [-0.15, -0.1) is 0 Å². The molecule has 2 amide bonds. The number of nitrogens with zero attached hydrogens (tertiary/aromatic N) is 3. The van der Waals surface area contributed by atoms with Crippen molar-refractivity contribution in [3.63, 3.8) is 0 Å².